The van der Waals surface area contributed by atoms with Crippen molar-refractivity contribution in [1.29, 1.82) is 0 Å². The van der Waals surface area contributed by atoms with E-state index in [0.29, 0.717) is 19.1 Å². The molecular weight excluding hydrogens is 206 g/mol. The number of carbonyl (C=O) groups is 1. The lowest BCUT2D eigenvalue weighted by atomic mass is 10.0. The maximum atomic E-state index is 11.5. The molecule has 0 bridgehead atoms. The quantitative estimate of drug-likeness (QED) is 0.711. The van der Waals surface area contributed by atoms with Gasteiger partial charge in [0.05, 0.1) is 19.1 Å². The molecule has 4 heteroatoms. The standard InChI is InChI=1S/C12H23NO3/c1-4-16-12(15)10(3)7-13-6-5-9(2)11(13)8-14/h9-11,14H,4-8H2,1-3H3. The molecule has 3 atom stereocenters. The average molecular weight is 229 g/mol. The first-order valence-electron chi connectivity index (χ1n) is 6.11. The fraction of sp³-hybridized carbons (Fsp3) is 0.917. The second-order valence-electron chi connectivity index (χ2n) is 4.66. The Morgan fingerprint density at radius 2 is 2.31 bits per heavy atom. The fourth-order valence-corrected chi connectivity index (χ4v) is 2.32. The zero-order chi connectivity index (χ0) is 12.1. The van der Waals surface area contributed by atoms with Crippen molar-refractivity contribution >= 4 is 5.97 Å². The van der Waals surface area contributed by atoms with Crippen LogP contribution in [-0.4, -0.2) is 48.3 Å². The van der Waals surface area contributed by atoms with Crippen LogP contribution in [-0.2, 0) is 9.53 Å². The van der Waals surface area contributed by atoms with Gasteiger partial charge < -0.3 is 9.84 Å². The molecule has 0 saturated carbocycles. The number of nitrogens with zero attached hydrogens (tertiary/aromatic N) is 1. The Kier molecular flexibility index (Phi) is 5.22. The van der Waals surface area contributed by atoms with Crippen molar-refractivity contribution in [1.82, 2.24) is 4.90 Å². The summed E-state index contributed by atoms with van der Waals surface area (Å²) in [5, 5.41) is 9.30. The smallest absolute Gasteiger partial charge is 0.309 e. The second-order valence-corrected chi connectivity index (χ2v) is 4.66. The topological polar surface area (TPSA) is 49.8 Å². The van der Waals surface area contributed by atoms with Crippen LogP contribution in [0.2, 0.25) is 0 Å². The van der Waals surface area contributed by atoms with E-state index < -0.39 is 0 Å². The Bertz CT molecular complexity index is 232. The summed E-state index contributed by atoms with van der Waals surface area (Å²) in [6.07, 6.45) is 1.10. The SMILES string of the molecule is CCOC(=O)C(C)CN1CCC(C)C1CO. The Morgan fingerprint density at radius 3 is 2.88 bits per heavy atom. The predicted octanol–water partition coefficient (Wildman–Crippen LogP) is 0.888. The molecule has 1 aliphatic rings. The van der Waals surface area contributed by atoms with Crippen LogP contribution < -0.4 is 0 Å². The van der Waals surface area contributed by atoms with Gasteiger partial charge in [-0.1, -0.05) is 13.8 Å². The highest BCUT2D eigenvalue weighted by Crippen LogP contribution is 2.24. The normalized spacial score (nSPS) is 28.0. The largest absolute Gasteiger partial charge is 0.466 e. The Balaban J connectivity index is 2.44. The van der Waals surface area contributed by atoms with E-state index in [1.165, 1.54) is 0 Å². The summed E-state index contributed by atoms with van der Waals surface area (Å²) < 4.78 is 4.98. The van der Waals surface area contributed by atoms with E-state index in [-0.39, 0.29) is 24.5 Å². The Morgan fingerprint density at radius 1 is 1.62 bits per heavy atom. The number of aliphatic hydroxyl groups is 1. The van der Waals surface area contributed by atoms with E-state index in [2.05, 4.69) is 11.8 Å². The number of ether oxygens (including phenoxy) is 1. The summed E-state index contributed by atoms with van der Waals surface area (Å²) in [4.78, 5) is 13.7. The van der Waals surface area contributed by atoms with Gasteiger partial charge in [-0.2, -0.15) is 0 Å². The third-order valence-corrected chi connectivity index (χ3v) is 3.38. The Hall–Kier alpha value is -0.610. The van der Waals surface area contributed by atoms with E-state index in [4.69, 9.17) is 4.74 Å². The molecule has 16 heavy (non-hydrogen) atoms. The van der Waals surface area contributed by atoms with Crippen molar-refractivity contribution in [3.8, 4) is 0 Å². The van der Waals surface area contributed by atoms with Crippen LogP contribution in [0.25, 0.3) is 0 Å². The van der Waals surface area contributed by atoms with Gasteiger partial charge in [0.2, 0.25) is 0 Å². The molecule has 0 spiro atoms. The highest BCUT2D eigenvalue weighted by Gasteiger charge is 2.32. The molecule has 0 aromatic rings. The van der Waals surface area contributed by atoms with E-state index in [9.17, 15) is 9.90 Å². The number of likely N-dealkylation sites (tertiary alicyclic amines) is 1. The zero-order valence-electron chi connectivity index (χ0n) is 10.5. The van der Waals surface area contributed by atoms with Crippen molar-refractivity contribution in [3.63, 3.8) is 0 Å². The highest BCUT2D eigenvalue weighted by molar-refractivity contribution is 5.72. The van der Waals surface area contributed by atoms with Crippen LogP contribution in [0.5, 0.6) is 0 Å². The summed E-state index contributed by atoms with van der Waals surface area (Å²) >= 11 is 0. The monoisotopic (exact) mass is 229 g/mol. The summed E-state index contributed by atoms with van der Waals surface area (Å²) in [5.41, 5.74) is 0. The van der Waals surface area contributed by atoms with Crippen molar-refractivity contribution < 1.29 is 14.6 Å². The van der Waals surface area contributed by atoms with E-state index in [1.54, 1.807) is 0 Å². The summed E-state index contributed by atoms with van der Waals surface area (Å²) in [6, 6.07) is 0.205. The first-order chi connectivity index (χ1) is 7.60. The molecule has 0 radical (unpaired) electrons. The number of hydrogen-bond acceptors (Lipinski definition) is 4. The molecule has 1 heterocycles. The van der Waals surface area contributed by atoms with Crippen molar-refractivity contribution in [2.75, 3.05) is 26.3 Å². The summed E-state index contributed by atoms with van der Waals surface area (Å²) in [5.74, 6) is 0.262. The van der Waals surface area contributed by atoms with Crippen LogP contribution in [0, 0.1) is 11.8 Å². The maximum Gasteiger partial charge on any atom is 0.309 e. The molecular formula is C12H23NO3. The van der Waals surface area contributed by atoms with Crippen LogP contribution in [0.4, 0.5) is 0 Å². The minimum Gasteiger partial charge on any atom is -0.466 e. The van der Waals surface area contributed by atoms with Gasteiger partial charge in [-0.15, -0.1) is 0 Å². The molecule has 0 aromatic heterocycles. The van der Waals surface area contributed by atoms with Gasteiger partial charge in [-0.25, -0.2) is 0 Å². The van der Waals surface area contributed by atoms with Gasteiger partial charge in [0.25, 0.3) is 0 Å². The fourth-order valence-electron chi connectivity index (χ4n) is 2.32. The number of esters is 1. The van der Waals surface area contributed by atoms with E-state index >= 15 is 0 Å². The lowest BCUT2D eigenvalue weighted by Gasteiger charge is -2.26. The summed E-state index contributed by atoms with van der Waals surface area (Å²) in [6.45, 7) is 8.12. The van der Waals surface area contributed by atoms with Crippen molar-refractivity contribution in [2.24, 2.45) is 11.8 Å². The molecule has 1 rings (SSSR count). The van der Waals surface area contributed by atoms with Crippen molar-refractivity contribution in [3.05, 3.63) is 0 Å². The number of aliphatic hydroxyl groups excluding tert-OH is 1. The number of rotatable bonds is 5. The molecule has 1 aliphatic heterocycles. The second kappa shape index (κ2) is 6.21. The van der Waals surface area contributed by atoms with E-state index in [1.807, 2.05) is 13.8 Å². The van der Waals surface area contributed by atoms with Gasteiger partial charge in [-0.05, 0) is 25.8 Å². The van der Waals surface area contributed by atoms with Crippen LogP contribution in [0.1, 0.15) is 27.2 Å². The minimum atomic E-state index is -0.140. The lowest BCUT2D eigenvalue weighted by molar-refractivity contribution is -0.148. The molecule has 0 aliphatic carbocycles. The van der Waals surface area contributed by atoms with Gasteiger partial charge >= 0.3 is 5.97 Å². The minimum absolute atomic E-state index is 0.112. The van der Waals surface area contributed by atoms with Crippen LogP contribution in [0.3, 0.4) is 0 Å². The molecule has 1 N–H and O–H groups in total. The van der Waals surface area contributed by atoms with Crippen LogP contribution in [0.15, 0.2) is 0 Å². The maximum absolute atomic E-state index is 11.5. The van der Waals surface area contributed by atoms with E-state index in [0.717, 1.165) is 13.0 Å². The molecule has 94 valence electrons. The zero-order valence-corrected chi connectivity index (χ0v) is 10.5. The first kappa shape index (κ1) is 13.5. The highest BCUT2D eigenvalue weighted by atomic mass is 16.5. The van der Waals surface area contributed by atoms with Gasteiger partial charge in [-0.3, -0.25) is 9.69 Å². The third-order valence-electron chi connectivity index (χ3n) is 3.38. The molecule has 1 fully saturated rings. The predicted molar refractivity (Wildman–Crippen MR) is 62.0 cm³/mol. The molecule has 4 nitrogen and oxygen atoms in total. The number of carbonyl (C=O) groups excluding carboxylic acids is 1. The van der Waals surface area contributed by atoms with Crippen molar-refractivity contribution in [2.45, 2.75) is 33.2 Å². The average Bonchev–Trinajstić information content (AvgIpc) is 2.59. The summed E-state index contributed by atoms with van der Waals surface area (Å²) in [7, 11) is 0. The van der Waals surface area contributed by atoms with Crippen LogP contribution >= 0.6 is 0 Å². The first-order valence-corrected chi connectivity index (χ1v) is 6.11. The molecule has 1 saturated heterocycles. The third kappa shape index (κ3) is 3.19. The molecule has 0 aromatic carbocycles. The lowest BCUT2D eigenvalue weighted by Crippen LogP contribution is -2.39. The number of hydrogen-bond donors (Lipinski definition) is 1. The Labute approximate surface area is 97.6 Å². The molecule has 0 amide bonds. The van der Waals surface area contributed by atoms with Gasteiger partial charge in [0, 0.05) is 12.6 Å². The van der Waals surface area contributed by atoms with Gasteiger partial charge in [0.15, 0.2) is 0 Å². The van der Waals surface area contributed by atoms with Gasteiger partial charge in [0.1, 0.15) is 0 Å². The molecule has 3 unspecified atom stereocenters.